The van der Waals surface area contributed by atoms with Crippen molar-refractivity contribution < 1.29 is 17.6 Å². The van der Waals surface area contributed by atoms with Gasteiger partial charge in [0.15, 0.2) is 5.89 Å². The van der Waals surface area contributed by atoms with Crippen molar-refractivity contribution in [1.82, 2.24) is 9.71 Å². The van der Waals surface area contributed by atoms with Crippen LogP contribution in [0.3, 0.4) is 0 Å². The average molecular weight is 338 g/mol. The van der Waals surface area contributed by atoms with E-state index in [0.29, 0.717) is 19.0 Å². The monoisotopic (exact) mass is 338 g/mol. The Morgan fingerprint density at radius 2 is 1.87 bits per heavy atom. The Morgan fingerprint density at radius 3 is 2.43 bits per heavy atom. The molecule has 0 saturated carbocycles. The Kier molecular flexibility index (Phi) is 5.92. The van der Waals surface area contributed by atoms with Gasteiger partial charge in [0.25, 0.3) is 0 Å². The molecule has 1 heterocycles. The Balaban J connectivity index is 2.05. The average Bonchev–Trinajstić information content (AvgIpc) is 2.86. The summed E-state index contributed by atoms with van der Waals surface area (Å²) >= 11 is 0. The molecule has 0 saturated heterocycles. The standard InChI is InChI=1S/C16H22N2O4S/c1-12-16(18-13(2)22-12)14-6-8-15(9-7-14)23(19,20)17-10-4-5-11-21-3/h6-9,17H,4-5,10-11H2,1-3H3. The van der Waals surface area contributed by atoms with Crippen LogP contribution in [0.4, 0.5) is 0 Å². The number of rotatable bonds is 8. The second-order valence-corrected chi connectivity index (χ2v) is 7.03. The molecule has 0 bridgehead atoms. The lowest BCUT2D eigenvalue weighted by molar-refractivity contribution is 0.193. The van der Waals surface area contributed by atoms with Crippen LogP contribution in [0, 0.1) is 13.8 Å². The minimum atomic E-state index is -3.49. The van der Waals surface area contributed by atoms with Gasteiger partial charge in [0, 0.05) is 32.7 Å². The van der Waals surface area contributed by atoms with Gasteiger partial charge in [-0.2, -0.15) is 0 Å². The fraction of sp³-hybridized carbons (Fsp3) is 0.438. The molecule has 23 heavy (non-hydrogen) atoms. The number of aromatic nitrogens is 1. The molecule has 6 nitrogen and oxygen atoms in total. The van der Waals surface area contributed by atoms with Crippen molar-refractivity contribution in [3.05, 3.63) is 35.9 Å². The minimum absolute atomic E-state index is 0.242. The van der Waals surface area contributed by atoms with E-state index < -0.39 is 10.0 Å². The molecular weight excluding hydrogens is 316 g/mol. The molecule has 0 aliphatic heterocycles. The van der Waals surface area contributed by atoms with Crippen molar-refractivity contribution in [2.24, 2.45) is 0 Å². The van der Waals surface area contributed by atoms with E-state index in [4.69, 9.17) is 9.15 Å². The van der Waals surface area contributed by atoms with Crippen LogP contribution in [0.15, 0.2) is 33.6 Å². The van der Waals surface area contributed by atoms with E-state index in [2.05, 4.69) is 9.71 Å². The normalized spacial score (nSPS) is 11.8. The van der Waals surface area contributed by atoms with Crippen molar-refractivity contribution in [3.63, 3.8) is 0 Å². The van der Waals surface area contributed by atoms with Gasteiger partial charge in [0.05, 0.1) is 4.90 Å². The summed E-state index contributed by atoms with van der Waals surface area (Å²) in [5.74, 6) is 1.31. The largest absolute Gasteiger partial charge is 0.446 e. The fourth-order valence-electron chi connectivity index (χ4n) is 2.25. The van der Waals surface area contributed by atoms with Crippen molar-refractivity contribution in [1.29, 1.82) is 0 Å². The number of benzene rings is 1. The molecule has 1 aromatic carbocycles. The zero-order valence-electron chi connectivity index (χ0n) is 13.6. The molecule has 1 N–H and O–H groups in total. The zero-order chi connectivity index (χ0) is 16.9. The van der Waals surface area contributed by atoms with Gasteiger partial charge in [-0.15, -0.1) is 0 Å². The predicted octanol–water partition coefficient (Wildman–Crippen LogP) is 2.66. The summed E-state index contributed by atoms with van der Waals surface area (Å²) in [5, 5.41) is 0. The summed E-state index contributed by atoms with van der Waals surface area (Å²) in [4.78, 5) is 4.55. The highest BCUT2D eigenvalue weighted by Gasteiger charge is 2.15. The van der Waals surface area contributed by atoms with E-state index in [0.717, 1.165) is 29.9 Å². The molecule has 0 radical (unpaired) electrons. The molecule has 0 aliphatic rings. The SMILES string of the molecule is COCCCCNS(=O)(=O)c1ccc(-c2nc(C)oc2C)cc1. The van der Waals surface area contributed by atoms with Crippen molar-refractivity contribution >= 4 is 10.0 Å². The Morgan fingerprint density at radius 1 is 1.17 bits per heavy atom. The number of aryl methyl sites for hydroxylation is 2. The first kappa shape index (κ1) is 17.7. The third-order valence-electron chi connectivity index (χ3n) is 3.41. The smallest absolute Gasteiger partial charge is 0.240 e. The van der Waals surface area contributed by atoms with E-state index in [1.807, 2.05) is 6.92 Å². The van der Waals surface area contributed by atoms with Crippen LogP contribution in [0.2, 0.25) is 0 Å². The van der Waals surface area contributed by atoms with Gasteiger partial charge in [-0.3, -0.25) is 0 Å². The maximum Gasteiger partial charge on any atom is 0.240 e. The first-order chi connectivity index (χ1) is 10.9. The second kappa shape index (κ2) is 7.72. The lowest BCUT2D eigenvalue weighted by Crippen LogP contribution is -2.24. The van der Waals surface area contributed by atoms with Crippen molar-refractivity contribution in [3.8, 4) is 11.3 Å². The highest BCUT2D eigenvalue weighted by atomic mass is 32.2. The number of methoxy groups -OCH3 is 1. The van der Waals surface area contributed by atoms with Gasteiger partial charge in [-0.25, -0.2) is 18.1 Å². The molecule has 1 aromatic heterocycles. The van der Waals surface area contributed by atoms with E-state index in [1.54, 1.807) is 38.3 Å². The molecule has 0 spiro atoms. The third kappa shape index (κ3) is 4.63. The molecule has 2 aromatic rings. The summed E-state index contributed by atoms with van der Waals surface area (Å²) in [5.41, 5.74) is 1.57. The Labute approximate surface area is 136 Å². The number of oxazole rings is 1. The molecule has 0 aliphatic carbocycles. The van der Waals surface area contributed by atoms with E-state index in [-0.39, 0.29) is 4.90 Å². The maximum absolute atomic E-state index is 12.2. The van der Waals surface area contributed by atoms with Gasteiger partial charge in [-0.1, -0.05) is 12.1 Å². The molecule has 0 unspecified atom stereocenters. The summed E-state index contributed by atoms with van der Waals surface area (Å²) in [6.45, 7) is 4.65. The van der Waals surface area contributed by atoms with E-state index >= 15 is 0 Å². The van der Waals surface area contributed by atoms with E-state index in [9.17, 15) is 8.42 Å². The number of unbranched alkanes of at least 4 members (excludes halogenated alkanes) is 1. The maximum atomic E-state index is 12.2. The van der Waals surface area contributed by atoms with Gasteiger partial charge < -0.3 is 9.15 Å². The topological polar surface area (TPSA) is 81.4 Å². The number of hydrogen-bond acceptors (Lipinski definition) is 5. The molecule has 0 amide bonds. The van der Waals surface area contributed by atoms with Gasteiger partial charge in [0.2, 0.25) is 10.0 Å². The van der Waals surface area contributed by atoms with E-state index in [1.165, 1.54) is 0 Å². The summed E-state index contributed by atoms with van der Waals surface area (Å²) in [6, 6.07) is 6.64. The number of ether oxygens (including phenoxy) is 1. The van der Waals surface area contributed by atoms with Gasteiger partial charge in [0.1, 0.15) is 11.5 Å². The minimum Gasteiger partial charge on any atom is -0.446 e. The molecule has 0 fully saturated rings. The van der Waals surface area contributed by atoms with Crippen LogP contribution >= 0.6 is 0 Å². The predicted molar refractivity (Wildman–Crippen MR) is 87.7 cm³/mol. The molecule has 0 atom stereocenters. The first-order valence-electron chi connectivity index (χ1n) is 7.47. The van der Waals surface area contributed by atoms with Gasteiger partial charge >= 0.3 is 0 Å². The molecule has 2 rings (SSSR count). The first-order valence-corrected chi connectivity index (χ1v) is 8.95. The summed E-state index contributed by atoms with van der Waals surface area (Å²) < 4.78 is 37.3. The number of hydrogen-bond donors (Lipinski definition) is 1. The summed E-state index contributed by atoms with van der Waals surface area (Å²) in [7, 11) is -1.86. The molecule has 7 heteroatoms. The van der Waals surface area contributed by atoms with Crippen molar-refractivity contribution in [2.45, 2.75) is 31.6 Å². The van der Waals surface area contributed by atoms with Crippen molar-refractivity contribution in [2.75, 3.05) is 20.3 Å². The fourth-order valence-corrected chi connectivity index (χ4v) is 3.32. The molecule has 126 valence electrons. The Hall–Kier alpha value is -1.70. The molecular formula is C16H22N2O4S. The highest BCUT2D eigenvalue weighted by Crippen LogP contribution is 2.24. The lowest BCUT2D eigenvalue weighted by atomic mass is 10.1. The third-order valence-corrected chi connectivity index (χ3v) is 4.89. The number of nitrogens with zero attached hydrogens (tertiary/aromatic N) is 1. The van der Waals surface area contributed by atoms with Crippen LogP contribution in [-0.4, -0.2) is 33.7 Å². The zero-order valence-corrected chi connectivity index (χ0v) is 14.4. The highest BCUT2D eigenvalue weighted by molar-refractivity contribution is 7.89. The quantitative estimate of drug-likeness (QED) is 0.748. The number of sulfonamides is 1. The van der Waals surface area contributed by atoms with Crippen LogP contribution in [0.25, 0.3) is 11.3 Å². The van der Waals surface area contributed by atoms with Crippen LogP contribution < -0.4 is 4.72 Å². The summed E-state index contributed by atoms with van der Waals surface area (Å²) in [6.07, 6.45) is 1.56. The van der Waals surface area contributed by atoms with Crippen LogP contribution in [0.1, 0.15) is 24.5 Å². The Bertz CT molecular complexity index is 736. The number of nitrogens with one attached hydrogen (secondary N) is 1. The van der Waals surface area contributed by atoms with Crippen LogP contribution in [0.5, 0.6) is 0 Å². The second-order valence-electron chi connectivity index (χ2n) is 5.26. The lowest BCUT2D eigenvalue weighted by Gasteiger charge is -2.07. The van der Waals surface area contributed by atoms with Gasteiger partial charge in [-0.05, 0) is 31.9 Å². The van der Waals surface area contributed by atoms with Crippen LogP contribution in [-0.2, 0) is 14.8 Å².